The van der Waals surface area contributed by atoms with Gasteiger partial charge in [-0.15, -0.1) is 0 Å². The average Bonchev–Trinajstić information content (AvgIpc) is 3.12. The molecule has 0 aliphatic heterocycles. The molecule has 3 heteroatoms. The molecule has 0 atom stereocenters. The molecule has 0 N–H and O–H groups in total. The molecular formula is C21H22N2O. The fourth-order valence-electron chi connectivity index (χ4n) is 3.68. The first-order valence-electron chi connectivity index (χ1n) is 8.80. The molecule has 3 aromatic rings. The van der Waals surface area contributed by atoms with Gasteiger partial charge in [0, 0.05) is 12.3 Å². The van der Waals surface area contributed by atoms with E-state index in [1.54, 1.807) is 0 Å². The quantitative estimate of drug-likeness (QED) is 0.671. The molecule has 0 spiro atoms. The zero-order chi connectivity index (χ0) is 16.2. The van der Waals surface area contributed by atoms with Gasteiger partial charge in [-0.3, -0.25) is 0 Å². The molecule has 4 rings (SSSR count). The van der Waals surface area contributed by atoms with Crippen molar-refractivity contribution in [1.82, 2.24) is 10.1 Å². The Morgan fingerprint density at radius 1 is 0.792 bits per heavy atom. The number of benzene rings is 2. The van der Waals surface area contributed by atoms with E-state index < -0.39 is 0 Å². The highest BCUT2D eigenvalue weighted by molar-refractivity contribution is 5.21. The Kier molecular flexibility index (Phi) is 4.41. The van der Waals surface area contributed by atoms with Gasteiger partial charge in [-0.05, 0) is 42.7 Å². The van der Waals surface area contributed by atoms with Gasteiger partial charge in [0.25, 0.3) is 0 Å². The van der Waals surface area contributed by atoms with Gasteiger partial charge in [0.2, 0.25) is 5.89 Å². The van der Waals surface area contributed by atoms with Gasteiger partial charge < -0.3 is 4.52 Å². The van der Waals surface area contributed by atoms with Gasteiger partial charge in [0.1, 0.15) is 0 Å². The Bertz CT molecular complexity index is 759. The minimum atomic E-state index is 0.419. The second-order valence-corrected chi connectivity index (χ2v) is 6.67. The first-order valence-corrected chi connectivity index (χ1v) is 8.80. The molecular weight excluding hydrogens is 296 g/mol. The van der Waals surface area contributed by atoms with Crippen LogP contribution in [0.5, 0.6) is 0 Å². The van der Waals surface area contributed by atoms with E-state index in [2.05, 4.69) is 52.6 Å². The molecule has 3 nitrogen and oxygen atoms in total. The van der Waals surface area contributed by atoms with Crippen LogP contribution in [0.15, 0.2) is 65.2 Å². The van der Waals surface area contributed by atoms with Crippen LogP contribution in [0, 0.1) is 0 Å². The zero-order valence-corrected chi connectivity index (χ0v) is 13.8. The number of aromatic nitrogens is 2. The predicted octanol–water partition coefficient (Wildman–Crippen LogP) is 5.10. The maximum absolute atomic E-state index is 5.56. The predicted molar refractivity (Wildman–Crippen MR) is 93.9 cm³/mol. The third-order valence-electron chi connectivity index (χ3n) is 5.04. The van der Waals surface area contributed by atoms with Crippen molar-refractivity contribution < 1.29 is 4.52 Å². The van der Waals surface area contributed by atoms with E-state index in [-0.39, 0.29) is 0 Å². The van der Waals surface area contributed by atoms with Crippen LogP contribution in [0.25, 0.3) is 0 Å². The SMILES string of the molecule is c1ccc(Cc2noc(C3CCC(c4ccccc4)CC3)n2)cc1. The van der Waals surface area contributed by atoms with Crippen molar-refractivity contribution in [1.29, 1.82) is 0 Å². The zero-order valence-electron chi connectivity index (χ0n) is 13.8. The molecule has 1 aromatic heterocycles. The van der Waals surface area contributed by atoms with E-state index in [9.17, 15) is 0 Å². The summed E-state index contributed by atoms with van der Waals surface area (Å²) in [7, 11) is 0. The lowest BCUT2D eigenvalue weighted by Crippen LogP contribution is -2.12. The molecule has 1 saturated carbocycles. The Morgan fingerprint density at radius 3 is 2.12 bits per heavy atom. The van der Waals surface area contributed by atoms with E-state index in [1.807, 2.05) is 18.2 Å². The number of nitrogens with zero attached hydrogens (tertiary/aromatic N) is 2. The molecule has 0 unspecified atom stereocenters. The van der Waals surface area contributed by atoms with Crippen LogP contribution < -0.4 is 0 Å². The van der Waals surface area contributed by atoms with Crippen LogP contribution in [0.2, 0.25) is 0 Å². The molecule has 122 valence electrons. The Hall–Kier alpha value is -2.42. The van der Waals surface area contributed by atoms with Crippen LogP contribution in [0.1, 0.15) is 60.4 Å². The van der Waals surface area contributed by atoms with Crippen LogP contribution in [-0.2, 0) is 6.42 Å². The van der Waals surface area contributed by atoms with E-state index in [0.29, 0.717) is 11.8 Å². The number of hydrogen-bond acceptors (Lipinski definition) is 3. The fraction of sp³-hybridized carbons (Fsp3) is 0.333. The lowest BCUT2D eigenvalue weighted by Gasteiger charge is -2.26. The third-order valence-corrected chi connectivity index (χ3v) is 5.04. The van der Waals surface area contributed by atoms with Crippen molar-refractivity contribution >= 4 is 0 Å². The lowest BCUT2D eigenvalue weighted by molar-refractivity contribution is 0.299. The van der Waals surface area contributed by atoms with Gasteiger partial charge in [0.05, 0.1) is 0 Å². The number of rotatable bonds is 4. The molecule has 0 bridgehead atoms. The van der Waals surface area contributed by atoms with E-state index in [1.165, 1.54) is 24.0 Å². The molecule has 1 aliphatic carbocycles. The lowest BCUT2D eigenvalue weighted by atomic mass is 9.78. The normalized spacial score (nSPS) is 20.8. The molecule has 0 saturated heterocycles. The Balaban J connectivity index is 1.38. The topological polar surface area (TPSA) is 38.9 Å². The highest BCUT2D eigenvalue weighted by Gasteiger charge is 2.27. The van der Waals surface area contributed by atoms with Gasteiger partial charge in [-0.2, -0.15) is 4.98 Å². The molecule has 24 heavy (non-hydrogen) atoms. The van der Waals surface area contributed by atoms with E-state index >= 15 is 0 Å². The van der Waals surface area contributed by atoms with Crippen molar-refractivity contribution in [3.05, 3.63) is 83.5 Å². The maximum Gasteiger partial charge on any atom is 0.229 e. The van der Waals surface area contributed by atoms with Crippen LogP contribution in [-0.4, -0.2) is 10.1 Å². The first kappa shape index (κ1) is 15.1. The summed E-state index contributed by atoms with van der Waals surface area (Å²) in [4.78, 5) is 4.65. The van der Waals surface area contributed by atoms with Crippen molar-refractivity contribution in [3.63, 3.8) is 0 Å². The van der Waals surface area contributed by atoms with Crippen molar-refractivity contribution in [3.8, 4) is 0 Å². The molecule has 1 fully saturated rings. The minimum Gasteiger partial charge on any atom is -0.339 e. The summed E-state index contributed by atoms with van der Waals surface area (Å²) < 4.78 is 5.56. The minimum absolute atomic E-state index is 0.419. The standard InChI is InChI=1S/C21H22N2O/c1-3-7-16(8-4-1)15-20-22-21(24-23-20)19-13-11-18(12-14-19)17-9-5-2-6-10-17/h1-10,18-19H,11-15H2. The van der Waals surface area contributed by atoms with E-state index in [4.69, 9.17) is 4.52 Å². The average molecular weight is 318 g/mol. The Morgan fingerprint density at radius 2 is 1.42 bits per heavy atom. The molecule has 0 amide bonds. The van der Waals surface area contributed by atoms with Crippen molar-refractivity contribution in [2.45, 2.75) is 43.9 Å². The molecule has 1 aliphatic rings. The largest absolute Gasteiger partial charge is 0.339 e. The second-order valence-electron chi connectivity index (χ2n) is 6.67. The second kappa shape index (κ2) is 7.00. The summed E-state index contributed by atoms with van der Waals surface area (Å²) in [6, 6.07) is 21.2. The maximum atomic E-state index is 5.56. The van der Waals surface area contributed by atoms with Crippen LogP contribution >= 0.6 is 0 Å². The Labute approximate surface area is 142 Å². The van der Waals surface area contributed by atoms with Gasteiger partial charge in [0.15, 0.2) is 5.82 Å². The summed E-state index contributed by atoms with van der Waals surface area (Å²) >= 11 is 0. The monoisotopic (exact) mass is 318 g/mol. The van der Waals surface area contributed by atoms with Gasteiger partial charge >= 0.3 is 0 Å². The van der Waals surface area contributed by atoms with Crippen LogP contribution in [0.4, 0.5) is 0 Å². The summed E-state index contributed by atoms with van der Waals surface area (Å²) in [5.74, 6) is 2.71. The summed E-state index contributed by atoms with van der Waals surface area (Å²) in [6.45, 7) is 0. The number of hydrogen-bond donors (Lipinski definition) is 0. The molecule has 0 radical (unpaired) electrons. The summed E-state index contributed by atoms with van der Waals surface area (Å²) in [5, 5.41) is 4.18. The third kappa shape index (κ3) is 3.40. The summed E-state index contributed by atoms with van der Waals surface area (Å²) in [6.07, 6.45) is 5.40. The smallest absolute Gasteiger partial charge is 0.229 e. The first-order chi connectivity index (χ1) is 11.9. The highest BCUT2D eigenvalue weighted by atomic mass is 16.5. The molecule has 2 aromatic carbocycles. The molecule has 1 heterocycles. The summed E-state index contributed by atoms with van der Waals surface area (Å²) in [5.41, 5.74) is 2.68. The van der Waals surface area contributed by atoms with Gasteiger partial charge in [-0.25, -0.2) is 0 Å². The van der Waals surface area contributed by atoms with Crippen molar-refractivity contribution in [2.75, 3.05) is 0 Å². The van der Waals surface area contributed by atoms with Gasteiger partial charge in [-0.1, -0.05) is 65.8 Å². The van der Waals surface area contributed by atoms with Crippen molar-refractivity contribution in [2.24, 2.45) is 0 Å². The fourth-order valence-corrected chi connectivity index (χ4v) is 3.68. The van der Waals surface area contributed by atoms with E-state index in [0.717, 1.165) is 31.0 Å². The highest BCUT2D eigenvalue weighted by Crippen LogP contribution is 2.39. The van der Waals surface area contributed by atoms with Crippen LogP contribution in [0.3, 0.4) is 0 Å².